The summed E-state index contributed by atoms with van der Waals surface area (Å²) < 4.78 is 40.9. The van der Waals surface area contributed by atoms with Gasteiger partial charge in [-0.2, -0.15) is 18.3 Å². The summed E-state index contributed by atoms with van der Waals surface area (Å²) in [6.07, 6.45) is -4.65. The van der Waals surface area contributed by atoms with Gasteiger partial charge in [0.05, 0.1) is 17.9 Å². The Morgan fingerprint density at radius 1 is 1.27 bits per heavy atom. The molecule has 136 valence electrons. The van der Waals surface area contributed by atoms with Gasteiger partial charge in [-0.15, -0.1) is 0 Å². The van der Waals surface area contributed by atoms with Crippen LogP contribution >= 0.6 is 11.6 Å². The molecule has 0 radical (unpaired) electrons. The van der Waals surface area contributed by atoms with Crippen LogP contribution in [0.4, 0.5) is 13.2 Å². The van der Waals surface area contributed by atoms with Crippen LogP contribution in [0, 0.1) is 6.92 Å². The van der Waals surface area contributed by atoms with Crippen LogP contribution in [0.1, 0.15) is 34.4 Å². The lowest BCUT2D eigenvalue weighted by molar-refractivity contribution is -0.144. The SMILES string of the molecule is CC(=O)c1c(C)ccc2nc(Cn3nc(Cl)cc3C(F)(F)F)cc(=O)n12. The van der Waals surface area contributed by atoms with E-state index < -0.39 is 24.0 Å². The molecule has 0 aliphatic rings. The van der Waals surface area contributed by atoms with E-state index in [9.17, 15) is 22.8 Å². The molecule has 0 aliphatic carbocycles. The molecule has 0 aromatic carbocycles. The molecule has 0 bridgehead atoms. The first kappa shape index (κ1) is 18.1. The highest BCUT2D eigenvalue weighted by Gasteiger charge is 2.35. The molecule has 3 aromatic rings. The second-order valence-corrected chi connectivity index (χ2v) is 6.10. The number of aryl methyl sites for hydroxylation is 1. The summed E-state index contributed by atoms with van der Waals surface area (Å²) in [5.74, 6) is -0.317. The van der Waals surface area contributed by atoms with Crippen LogP contribution in [0.25, 0.3) is 5.65 Å². The summed E-state index contributed by atoms with van der Waals surface area (Å²) in [6.45, 7) is 2.61. The minimum atomic E-state index is -4.65. The lowest BCUT2D eigenvalue weighted by atomic mass is 10.1. The molecular formula is C16H12ClF3N4O2. The van der Waals surface area contributed by atoms with Crippen molar-refractivity contribution in [3.8, 4) is 0 Å². The van der Waals surface area contributed by atoms with Gasteiger partial charge < -0.3 is 0 Å². The summed E-state index contributed by atoms with van der Waals surface area (Å²) in [5, 5.41) is 3.29. The standard InChI is InChI=1S/C16H12ClF3N4O2/c1-8-3-4-13-21-10(5-14(26)24(13)15(8)9(2)25)7-23-11(16(18,19)20)6-12(17)22-23/h3-6H,7H2,1-2H3. The Labute approximate surface area is 149 Å². The number of carbonyl (C=O) groups excluding carboxylic acids is 1. The Bertz CT molecular complexity index is 1090. The predicted octanol–water partition coefficient (Wildman–Crippen LogP) is 3.12. The Morgan fingerprint density at radius 2 is 1.96 bits per heavy atom. The molecule has 0 atom stereocenters. The zero-order valence-electron chi connectivity index (χ0n) is 13.6. The molecule has 6 nitrogen and oxygen atoms in total. The molecule has 0 aliphatic heterocycles. The first-order valence-electron chi connectivity index (χ1n) is 7.41. The van der Waals surface area contributed by atoms with Crippen LogP contribution in [-0.2, 0) is 12.7 Å². The minimum absolute atomic E-state index is 0.0682. The fourth-order valence-corrected chi connectivity index (χ4v) is 2.94. The quantitative estimate of drug-likeness (QED) is 0.651. The van der Waals surface area contributed by atoms with Crippen LogP contribution < -0.4 is 5.56 Å². The van der Waals surface area contributed by atoms with E-state index in [4.69, 9.17) is 11.6 Å². The maximum absolute atomic E-state index is 13.0. The maximum atomic E-state index is 13.0. The molecule has 0 spiro atoms. The first-order chi connectivity index (χ1) is 12.1. The van der Waals surface area contributed by atoms with Crippen LogP contribution in [-0.4, -0.2) is 24.9 Å². The molecule has 0 fully saturated rings. The van der Waals surface area contributed by atoms with Crippen LogP contribution in [0.2, 0.25) is 5.15 Å². The van der Waals surface area contributed by atoms with Crippen molar-refractivity contribution in [2.75, 3.05) is 0 Å². The molecule has 3 rings (SSSR count). The fraction of sp³-hybridized carbons (Fsp3) is 0.250. The number of alkyl halides is 3. The van der Waals surface area contributed by atoms with Gasteiger partial charge >= 0.3 is 6.18 Å². The largest absolute Gasteiger partial charge is 0.433 e. The average Bonchev–Trinajstić information content (AvgIpc) is 2.88. The van der Waals surface area contributed by atoms with Gasteiger partial charge in [-0.05, 0) is 18.6 Å². The second-order valence-electron chi connectivity index (χ2n) is 5.71. The van der Waals surface area contributed by atoms with Crippen molar-refractivity contribution in [2.24, 2.45) is 0 Å². The van der Waals surface area contributed by atoms with Gasteiger partial charge in [0, 0.05) is 19.1 Å². The Hall–Kier alpha value is -2.68. The molecule has 0 unspecified atom stereocenters. The highest BCUT2D eigenvalue weighted by atomic mass is 35.5. The summed E-state index contributed by atoms with van der Waals surface area (Å²) in [6, 6.07) is 4.92. The van der Waals surface area contributed by atoms with Crippen molar-refractivity contribution in [1.82, 2.24) is 19.2 Å². The number of rotatable bonds is 3. The van der Waals surface area contributed by atoms with Gasteiger partial charge in [0.25, 0.3) is 5.56 Å². The normalized spacial score (nSPS) is 11.9. The van der Waals surface area contributed by atoms with Crippen LogP contribution in [0.5, 0.6) is 0 Å². The number of halogens is 4. The summed E-state index contributed by atoms with van der Waals surface area (Å²) in [7, 11) is 0. The smallest absolute Gasteiger partial charge is 0.293 e. The number of ketones is 1. The Morgan fingerprint density at radius 3 is 2.58 bits per heavy atom. The van der Waals surface area contributed by atoms with E-state index in [1.807, 2.05) is 0 Å². The van der Waals surface area contributed by atoms with E-state index >= 15 is 0 Å². The zero-order chi connectivity index (χ0) is 19.2. The van der Waals surface area contributed by atoms with E-state index in [-0.39, 0.29) is 28.0 Å². The Kier molecular flexibility index (Phi) is 4.35. The van der Waals surface area contributed by atoms with Crippen molar-refractivity contribution in [2.45, 2.75) is 26.6 Å². The molecule has 0 saturated carbocycles. The number of hydrogen-bond donors (Lipinski definition) is 0. The second kappa shape index (κ2) is 6.24. The number of pyridine rings is 1. The number of fused-ring (bicyclic) bond motifs is 1. The van der Waals surface area contributed by atoms with E-state index in [0.717, 1.165) is 10.5 Å². The molecule has 0 saturated heterocycles. The van der Waals surface area contributed by atoms with Crippen molar-refractivity contribution in [3.05, 3.63) is 62.4 Å². The summed E-state index contributed by atoms with van der Waals surface area (Å²) in [5.41, 5.74) is -0.596. The molecule has 0 amide bonds. The average molecular weight is 385 g/mol. The molecular weight excluding hydrogens is 373 g/mol. The van der Waals surface area contributed by atoms with Crippen molar-refractivity contribution >= 4 is 23.0 Å². The van der Waals surface area contributed by atoms with Gasteiger partial charge in [0.15, 0.2) is 10.9 Å². The number of nitrogens with zero attached hydrogens (tertiary/aromatic N) is 4. The van der Waals surface area contributed by atoms with Crippen molar-refractivity contribution in [1.29, 1.82) is 0 Å². The fourth-order valence-electron chi connectivity index (χ4n) is 2.74. The van der Waals surface area contributed by atoms with E-state index in [1.54, 1.807) is 13.0 Å². The van der Waals surface area contributed by atoms with Crippen LogP contribution in [0.15, 0.2) is 29.1 Å². The van der Waals surface area contributed by atoms with E-state index in [1.165, 1.54) is 13.0 Å². The maximum Gasteiger partial charge on any atom is 0.433 e. The topological polar surface area (TPSA) is 69.3 Å². The van der Waals surface area contributed by atoms with Gasteiger partial charge in [-0.1, -0.05) is 17.7 Å². The predicted molar refractivity (Wildman–Crippen MR) is 87.5 cm³/mol. The van der Waals surface area contributed by atoms with Crippen molar-refractivity contribution in [3.63, 3.8) is 0 Å². The Balaban J connectivity index is 2.14. The van der Waals surface area contributed by atoms with Crippen molar-refractivity contribution < 1.29 is 18.0 Å². The first-order valence-corrected chi connectivity index (χ1v) is 7.79. The zero-order valence-corrected chi connectivity index (χ0v) is 14.4. The number of carbonyl (C=O) groups is 1. The monoisotopic (exact) mass is 384 g/mol. The molecule has 10 heteroatoms. The van der Waals surface area contributed by atoms with Gasteiger partial charge in [0.1, 0.15) is 11.3 Å². The van der Waals surface area contributed by atoms with E-state index in [0.29, 0.717) is 16.3 Å². The minimum Gasteiger partial charge on any atom is -0.293 e. The number of aromatic nitrogens is 4. The third-order valence-electron chi connectivity index (χ3n) is 3.76. The lowest BCUT2D eigenvalue weighted by Crippen LogP contribution is -2.23. The van der Waals surface area contributed by atoms with Gasteiger partial charge in [0.2, 0.25) is 0 Å². The third kappa shape index (κ3) is 3.22. The molecule has 0 N–H and O–H groups in total. The summed E-state index contributed by atoms with van der Waals surface area (Å²) in [4.78, 5) is 28.5. The number of Topliss-reactive ketones (excluding diaryl/α,β-unsaturated/α-hetero) is 1. The highest BCUT2D eigenvalue weighted by molar-refractivity contribution is 6.29. The van der Waals surface area contributed by atoms with Crippen LogP contribution in [0.3, 0.4) is 0 Å². The molecule has 3 aromatic heterocycles. The lowest BCUT2D eigenvalue weighted by Gasteiger charge is -2.12. The summed E-state index contributed by atoms with van der Waals surface area (Å²) >= 11 is 5.58. The number of hydrogen-bond acceptors (Lipinski definition) is 4. The van der Waals surface area contributed by atoms with Gasteiger partial charge in [-0.25, -0.2) is 4.98 Å². The van der Waals surface area contributed by atoms with E-state index in [2.05, 4.69) is 10.1 Å². The highest BCUT2D eigenvalue weighted by Crippen LogP contribution is 2.31. The third-order valence-corrected chi connectivity index (χ3v) is 3.95. The molecule has 3 heterocycles. The van der Waals surface area contributed by atoms with Gasteiger partial charge in [-0.3, -0.25) is 18.7 Å². The molecule has 26 heavy (non-hydrogen) atoms.